The molecular formula is C32H37F2N5O6S. The van der Waals surface area contributed by atoms with E-state index >= 15 is 0 Å². The zero-order chi connectivity index (χ0) is 33.4. The number of fused-ring (bicyclic) bond motifs is 2. The number of carboxylic acids is 1. The summed E-state index contributed by atoms with van der Waals surface area (Å²) in [6.07, 6.45) is 0.579. The molecule has 0 saturated heterocycles. The van der Waals surface area contributed by atoms with Crippen molar-refractivity contribution < 1.29 is 36.6 Å². The van der Waals surface area contributed by atoms with Crippen molar-refractivity contribution in [2.45, 2.75) is 64.8 Å². The third-order valence-electron chi connectivity index (χ3n) is 8.46. The van der Waals surface area contributed by atoms with Crippen LogP contribution in [-0.2, 0) is 26.1 Å². The molecule has 3 aromatic heterocycles. The van der Waals surface area contributed by atoms with Crippen molar-refractivity contribution >= 4 is 21.6 Å². The number of rotatable bonds is 7. The van der Waals surface area contributed by atoms with Crippen LogP contribution in [0, 0.1) is 26.2 Å². The summed E-state index contributed by atoms with van der Waals surface area (Å²) >= 11 is 0. The summed E-state index contributed by atoms with van der Waals surface area (Å²) in [4.78, 5) is 16.9. The van der Waals surface area contributed by atoms with Gasteiger partial charge in [-0.15, -0.1) is 10.2 Å². The Labute approximate surface area is 266 Å². The fourth-order valence-corrected chi connectivity index (χ4v) is 7.43. The van der Waals surface area contributed by atoms with E-state index in [4.69, 9.17) is 9.47 Å². The quantitative estimate of drug-likeness (QED) is 0.284. The molecule has 0 bridgehead atoms. The number of hydrogen-bond donors (Lipinski definition) is 1. The Morgan fingerprint density at radius 2 is 1.85 bits per heavy atom. The smallest absolute Gasteiger partial charge is 0.310 e. The number of aryl methyl sites for hydroxylation is 3. The minimum Gasteiger partial charge on any atom is -0.481 e. The monoisotopic (exact) mass is 657 g/mol. The first kappa shape index (κ1) is 33.4. The average Bonchev–Trinajstić information content (AvgIpc) is 3.43. The van der Waals surface area contributed by atoms with Gasteiger partial charge in [-0.2, -0.15) is 4.31 Å². The van der Waals surface area contributed by atoms with E-state index in [0.29, 0.717) is 47.5 Å². The summed E-state index contributed by atoms with van der Waals surface area (Å²) in [6.45, 7) is 9.46. The predicted octanol–water partition coefficient (Wildman–Crippen LogP) is 5.22. The number of halogens is 2. The van der Waals surface area contributed by atoms with E-state index in [-0.39, 0.29) is 36.1 Å². The van der Waals surface area contributed by atoms with E-state index in [1.165, 1.54) is 14.9 Å². The minimum atomic E-state index is -4.08. The first-order chi connectivity index (χ1) is 21.7. The summed E-state index contributed by atoms with van der Waals surface area (Å²) in [5.74, 6) is -2.32. The molecule has 4 heterocycles. The Morgan fingerprint density at radius 1 is 1.09 bits per heavy atom. The number of aliphatic carboxylic acids is 1. The van der Waals surface area contributed by atoms with Crippen molar-refractivity contribution in [2.75, 3.05) is 26.4 Å². The van der Waals surface area contributed by atoms with Crippen molar-refractivity contribution in [3.63, 3.8) is 0 Å². The number of nitrogens with zero attached hydrogens (tertiary/aromatic N) is 5. The van der Waals surface area contributed by atoms with Gasteiger partial charge in [-0.05, 0) is 86.6 Å². The minimum absolute atomic E-state index is 0.00388. The highest BCUT2D eigenvalue weighted by Crippen LogP contribution is 2.44. The molecule has 0 amide bonds. The van der Waals surface area contributed by atoms with Crippen LogP contribution >= 0.6 is 0 Å². The lowest BCUT2D eigenvalue weighted by Crippen LogP contribution is -2.34. The summed E-state index contributed by atoms with van der Waals surface area (Å²) in [5.41, 5.74) is 2.69. The number of aromatic nitrogens is 4. The van der Waals surface area contributed by atoms with E-state index in [1.54, 1.807) is 46.0 Å². The highest BCUT2D eigenvalue weighted by molar-refractivity contribution is 7.89. The molecule has 5 rings (SSSR count). The molecule has 0 aliphatic carbocycles. The van der Waals surface area contributed by atoms with Crippen LogP contribution in [0.3, 0.4) is 0 Å². The van der Waals surface area contributed by atoms with Gasteiger partial charge in [0, 0.05) is 38.0 Å². The number of benzene rings is 1. The van der Waals surface area contributed by atoms with Crippen LogP contribution in [-0.4, -0.2) is 69.7 Å². The SMILES string of the molecule is Cc1cnc2c(c1)S(=O)(=O)N(Cc1cc([C@H](c3ccn4c(C(F)F)nnc4c3C)C(C)(C)C(=O)O)ccc1C)CCCOCCO2. The highest BCUT2D eigenvalue weighted by atomic mass is 32.2. The molecule has 4 aromatic rings. The first-order valence-corrected chi connectivity index (χ1v) is 16.3. The van der Waals surface area contributed by atoms with Gasteiger partial charge in [0.25, 0.3) is 6.43 Å². The van der Waals surface area contributed by atoms with Crippen LogP contribution in [0.2, 0.25) is 0 Å². The van der Waals surface area contributed by atoms with Gasteiger partial charge in [-0.3, -0.25) is 9.20 Å². The Bertz CT molecular complexity index is 1880. The molecular weight excluding hydrogens is 620 g/mol. The Kier molecular flexibility index (Phi) is 9.43. The Balaban J connectivity index is 1.61. The van der Waals surface area contributed by atoms with Gasteiger partial charge in [0.1, 0.15) is 11.5 Å². The maximum Gasteiger partial charge on any atom is 0.310 e. The summed E-state index contributed by atoms with van der Waals surface area (Å²) in [5, 5.41) is 18.0. The lowest BCUT2D eigenvalue weighted by molar-refractivity contribution is -0.147. The second kappa shape index (κ2) is 13.0. The summed E-state index contributed by atoms with van der Waals surface area (Å²) in [6, 6.07) is 8.64. The number of pyridine rings is 2. The molecule has 1 aliphatic rings. The zero-order valence-corrected chi connectivity index (χ0v) is 27.1. The van der Waals surface area contributed by atoms with Crippen LogP contribution in [0.15, 0.2) is 47.6 Å². The maximum absolute atomic E-state index is 14.1. The molecule has 0 saturated carbocycles. The van der Waals surface area contributed by atoms with Crippen molar-refractivity contribution in [1.29, 1.82) is 0 Å². The molecule has 1 atom stereocenters. The number of hydrogen-bond acceptors (Lipinski definition) is 8. The largest absolute Gasteiger partial charge is 0.481 e. The number of alkyl halides is 2. The van der Waals surface area contributed by atoms with Gasteiger partial charge in [0.2, 0.25) is 21.7 Å². The molecule has 46 heavy (non-hydrogen) atoms. The van der Waals surface area contributed by atoms with Crippen LogP contribution in [0.4, 0.5) is 8.78 Å². The molecule has 0 radical (unpaired) electrons. The molecule has 0 unspecified atom stereocenters. The van der Waals surface area contributed by atoms with Crippen LogP contribution in [0.25, 0.3) is 5.65 Å². The average molecular weight is 658 g/mol. The van der Waals surface area contributed by atoms with Gasteiger partial charge in [0.05, 0.1) is 12.0 Å². The topological polar surface area (TPSA) is 136 Å². The standard InChI is InChI=1S/C32H37F2N5O6S/c1-19-15-25-30(35-17-19)45-14-13-44-12-6-10-38(46(25,42)43)18-23-16-22(8-7-20(23)2)26(32(4,5)31(40)41)24-9-11-39-28(21(24)3)36-37-29(39)27(33)34/h7-9,11,15-17,26-27H,6,10,12-14,18H2,1-5H3,(H,40,41)/t26-/m1/s1. The van der Waals surface area contributed by atoms with Crippen LogP contribution in [0.1, 0.15) is 71.8 Å². The summed E-state index contributed by atoms with van der Waals surface area (Å²) < 4.78 is 69.3. The third-order valence-corrected chi connectivity index (χ3v) is 10.3. The summed E-state index contributed by atoms with van der Waals surface area (Å²) in [7, 11) is -4.08. The molecule has 14 heteroatoms. The predicted molar refractivity (Wildman–Crippen MR) is 165 cm³/mol. The van der Waals surface area contributed by atoms with Gasteiger partial charge >= 0.3 is 5.97 Å². The Hall–Kier alpha value is -4.01. The maximum atomic E-state index is 14.1. The molecule has 246 valence electrons. The number of sulfonamides is 1. The number of ether oxygens (including phenoxy) is 2. The van der Waals surface area contributed by atoms with E-state index < -0.39 is 39.6 Å². The molecule has 0 spiro atoms. The number of carboxylic acid groups (broad SMARTS) is 1. The van der Waals surface area contributed by atoms with Gasteiger partial charge in [-0.25, -0.2) is 22.2 Å². The second-order valence-corrected chi connectivity index (χ2v) is 14.0. The van der Waals surface area contributed by atoms with E-state index in [1.807, 2.05) is 25.1 Å². The van der Waals surface area contributed by atoms with Crippen molar-refractivity contribution in [3.8, 4) is 5.88 Å². The zero-order valence-electron chi connectivity index (χ0n) is 26.3. The molecule has 11 nitrogen and oxygen atoms in total. The van der Waals surface area contributed by atoms with Gasteiger partial charge < -0.3 is 14.6 Å². The fraction of sp³-hybridized carbons (Fsp3) is 0.438. The molecule has 1 aromatic carbocycles. The lowest BCUT2D eigenvalue weighted by atomic mass is 9.70. The molecule has 1 N–H and O–H groups in total. The van der Waals surface area contributed by atoms with Gasteiger partial charge in [0.15, 0.2) is 5.65 Å². The van der Waals surface area contributed by atoms with Crippen molar-refractivity contribution in [3.05, 3.63) is 81.9 Å². The van der Waals surface area contributed by atoms with E-state index in [0.717, 1.165) is 5.56 Å². The lowest BCUT2D eigenvalue weighted by Gasteiger charge is -2.33. The molecule has 0 fully saturated rings. The van der Waals surface area contributed by atoms with E-state index in [9.17, 15) is 27.1 Å². The first-order valence-electron chi connectivity index (χ1n) is 14.9. The van der Waals surface area contributed by atoms with Gasteiger partial charge in [-0.1, -0.05) is 18.2 Å². The third kappa shape index (κ3) is 6.33. The normalized spacial score (nSPS) is 16.9. The Morgan fingerprint density at radius 3 is 2.57 bits per heavy atom. The molecule has 1 aliphatic heterocycles. The van der Waals surface area contributed by atoms with E-state index in [2.05, 4.69) is 15.2 Å². The van der Waals surface area contributed by atoms with Crippen molar-refractivity contribution in [1.82, 2.24) is 23.9 Å². The van der Waals surface area contributed by atoms with Crippen LogP contribution in [0.5, 0.6) is 5.88 Å². The highest BCUT2D eigenvalue weighted by Gasteiger charge is 2.41. The fourth-order valence-electron chi connectivity index (χ4n) is 5.80. The van der Waals surface area contributed by atoms with Crippen LogP contribution < -0.4 is 4.74 Å². The number of carbonyl (C=O) groups is 1. The van der Waals surface area contributed by atoms with Crippen molar-refractivity contribution in [2.24, 2.45) is 5.41 Å². The second-order valence-electron chi connectivity index (χ2n) is 12.1.